The van der Waals surface area contributed by atoms with Crippen molar-refractivity contribution in [3.8, 4) is 5.75 Å². The average Bonchev–Trinajstić information content (AvgIpc) is 2.49. The van der Waals surface area contributed by atoms with Crippen molar-refractivity contribution in [1.29, 1.82) is 0 Å². The molecule has 0 aliphatic rings. The lowest BCUT2D eigenvalue weighted by Crippen LogP contribution is -2.21. The van der Waals surface area contributed by atoms with Crippen LogP contribution in [0.25, 0.3) is 0 Å². The number of aromatic nitrogens is 1. The van der Waals surface area contributed by atoms with E-state index in [4.69, 9.17) is 10.5 Å². The summed E-state index contributed by atoms with van der Waals surface area (Å²) >= 11 is 0. The molecule has 5 heteroatoms. The Morgan fingerprint density at radius 1 is 1.33 bits per heavy atom. The summed E-state index contributed by atoms with van der Waals surface area (Å²) in [7, 11) is 0. The van der Waals surface area contributed by atoms with Gasteiger partial charge in [0.15, 0.2) is 6.61 Å². The Morgan fingerprint density at radius 3 is 2.90 bits per heavy atom. The molecule has 1 aromatic carbocycles. The van der Waals surface area contributed by atoms with Gasteiger partial charge in [-0.1, -0.05) is 12.1 Å². The summed E-state index contributed by atoms with van der Waals surface area (Å²) in [5.74, 6) is 0.943. The zero-order valence-electron chi connectivity index (χ0n) is 12.2. The van der Waals surface area contributed by atoms with Gasteiger partial charge in [-0.2, -0.15) is 0 Å². The normalized spacial score (nSPS) is 10.2. The van der Waals surface area contributed by atoms with Gasteiger partial charge in [-0.05, 0) is 48.7 Å². The molecule has 0 saturated carbocycles. The highest BCUT2D eigenvalue weighted by molar-refractivity contribution is 5.91. The molecule has 0 aliphatic carbocycles. The van der Waals surface area contributed by atoms with Gasteiger partial charge >= 0.3 is 0 Å². The monoisotopic (exact) mass is 285 g/mol. The first-order chi connectivity index (χ1) is 10.1. The van der Waals surface area contributed by atoms with Crippen LogP contribution >= 0.6 is 0 Å². The molecule has 0 aliphatic heterocycles. The molecular formula is C16H19N3O2. The number of carbonyl (C=O) groups is 1. The Bertz CT molecular complexity index is 641. The molecule has 0 unspecified atom stereocenters. The SMILES string of the molecule is Cc1cccc(OCC(=O)Nc2cc(CN)ccn2)c1C. The first-order valence-electron chi connectivity index (χ1n) is 6.74. The second-order valence-electron chi connectivity index (χ2n) is 4.79. The molecule has 1 amide bonds. The van der Waals surface area contributed by atoms with Crippen LogP contribution < -0.4 is 15.8 Å². The van der Waals surface area contributed by atoms with Crippen molar-refractivity contribution in [3.05, 3.63) is 53.2 Å². The highest BCUT2D eigenvalue weighted by atomic mass is 16.5. The standard InChI is InChI=1S/C16H19N3O2/c1-11-4-3-5-14(12(11)2)21-10-16(20)19-15-8-13(9-17)6-7-18-15/h3-8H,9-10,17H2,1-2H3,(H,18,19,20). The van der Waals surface area contributed by atoms with E-state index in [-0.39, 0.29) is 12.5 Å². The summed E-state index contributed by atoms with van der Waals surface area (Å²) in [6.45, 7) is 4.32. The van der Waals surface area contributed by atoms with Crippen LogP contribution in [0.15, 0.2) is 36.5 Å². The maximum absolute atomic E-state index is 11.9. The molecule has 3 N–H and O–H groups in total. The van der Waals surface area contributed by atoms with Gasteiger partial charge in [0.05, 0.1) is 0 Å². The molecule has 0 fully saturated rings. The lowest BCUT2D eigenvalue weighted by Gasteiger charge is -2.11. The van der Waals surface area contributed by atoms with Crippen LogP contribution in [0, 0.1) is 13.8 Å². The quantitative estimate of drug-likeness (QED) is 0.882. The van der Waals surface area contributed by atoms with Crippen LogP contribution in [0.2, 0.25) is 0 Å². The number of amides is 1. The van der Waals surface area contributed by atoms with E-state index in [0.717, 1.165) is 16.7 Å². The molecule has 21 heavy (non-hydrogen) atoms. The van der Waals surface area contributed by atoms with Crippen molar-refractivity contribution in [1.82, 2.24) is 4.98 Å². The van der Waals surface area contributed by atoms with Gasteiger partial charge in [-0.3, -0.25) is 4.79 Å². The van der Waals surface area contributed by atoms with Crippen LogP contribution in [0.5, 0.6) is 5.75 Å². The van der Waals surface area contributed by atoms with Gasteiger partial charge in [0.2, 0.25) is 0 Å². The number of nitrogens with two attached hydrogens (primary N) is 1. The van der Waals surface area contributed by atoms with E-state index in [9.17, 15) is 4.79 Å². The van der Waals surface area contributed by atoms with E-state index in [0.29, 0.717) is 18.1 Å². The van der Waals surface area contributed by atoms with E-state index in [1.54, 1.807) is 12.3 Å². The Morgan fingerprint density at radius 2 is 2.14 bits per heavy atom. The van der Waals surface area contributed by atoms with Gasteiger partial charge in [0.25, 0.3) is 5.91 Å². The maximum atomic E-state index is 11.9. The second kappa shape index (κ2) is 6.85. The predicted molar refractivity (Wildman–Crippen MR) is 82.2 cm³/mol. The number of hydrogen-bond donors (Lipinski definition) is 2. The molecule has 2 rings (SSSR count). The van der Waals surface area contributed by atoms with Gasteiger partial charge in [-0.15, -0.1) is 0 Å². The fraction of sp³-hybridized carbons (Fsp3) is 0.250. The summed E-state index contributed by atoms with van der Waals surface area (Å²) in [4.78, 5) is 15.9. The minimum absolute atomic E-state index is 0.0567. The second-order valence-corrected chi connectivity index (χ2v) is 4.79. The van der Waals surface area contributed by atoms with Crippen molar-refractivity contribution >= 4 is 11.7 Å². The maximum Gasteiger partial charge on any atom is 0.263 e. The molecule has 5 nitrogen and oxygen atoms in total. The average molecular weight is 285 g/mol. The van der Waals surface area contributed by atoms with Crippen molar-refractivity contribution in [2.45, 2.75) is 20.4 Å². The predicted octanol–water partition coefficient (Wildman–Crippen LogP) is 2.17. The van der Waals surface area contributed by atoms with Crippen LogP contribution in [0.1, 0.15) is 16.7 Å². The fourth-order valence-electron chi connectivity index (χ4n) is 1.87. The first kappa shape index (κ1) is 15.0. The summed E-state index contributed by atoms with van der Waals surface area (Å²) in [6, 6.07) is 9.31. The number of anilines is 1. The number of pyridine rings is 1. The third-order valence-corrected chi connectivity index (χ3v) is 3.24. The summed E-state index contributed by atoms with van der Waals surface area (Å²) in [6.07, 6.45) is 1.61. The lowest BCUT2D eigenvalue weighted by molar-refractivity contribution is -0.118. The highest BCUT2D eigenvalue weighted by Crippen LogP contribution is 2.20. The molecule has 0 spiro atoms. The van der Waals surface area contributed by atoms with E-state index in [1.165, 1.54) is 0 Å². The lowest BCUT2D eigenvalue weighted by atomic mass is 10.1. The first-order valence-corrected chi connectivity index (χ1v) is 6.74. The van der Waals surface area contributed by atoms with Gasteiger partial charge in [0.1, 0.15) is 11.6 Å². The van der Waals surface area contributed by atoms with Gasteiger partial charge in [-0.25, -0.2) is 4.98 Å². The molecule has 110 valence electrons. The number of aryl methyl sites for hydroxylation is 1. The van der Waals surface area contributed by atoms with Crippen LogP contribution in [-0.4, -0.2) is 17.5 Å². The Hall–Kier alpha value is -2.40. The molecule has 0 radical (unpaired) electrons. The van der Waals surface area contributed by atoms with E-state index in [2.05, 4.69) is 10.3 Å². The van der Waals surface area contributed by atoms with Crippen LogP contribution in [0.3, 0.4) is 0 Å². The molecule has 2 aromatic rings. The van der Waals surface area contributed by atoms with Crippen LogP contribution in [0.4, 0.5) is 5.82 Å². The molecule has 0 atom stereocenters. The van der Waals surface area contributed by atoms with E-state index in [1.807, 2.05) is 38.1 Å². The van der Waals surface area contributed by atoms with E-state index >= 15 is 0 Å². The molecule has 0 bridgehead atoms. The number of nitrogens with one attached hydrogen (secondary N) is 1. The van der Waals surface area contributed by atoms with Crippen molar-refractivity contribution in [3.63, 3.8) is 0 Å². The molecule has 1 heterocycles. The number of nitrogens with zero attached hydrogens (tertiary/aromatic N) is 1. The zero-order chi connectivity index (χ0) is 15.2. The number of benzene rings is 1. The van der Waals surface area contributed by atoms with Gasteiger partial charge < -0.3 is 15.8 Å². The largest absolute Gasteiger partial charge is 0.483 e. The fourth-order valence-corrected chi connectivity index (χ4v) is 1.87. The summed E-state index contributed by atoms with van der Waals surface area (Å²) in [5, 5.41) is 2.69. The topological polar surface area (TPSA) is 77.2 Å². The Labute approximate surface area is 124 Å². The van der Waals surface area contributed by atoms with Gasteiger partial charge in [0, 0.05) is 12.7 Å². The smallest absolute Gasteiger partial charge is 0.263 e. The Kier molecular flexibility index (Phi) is 4.90. The number of hydrogen-bond acceptors (Lipinski definition) is 4. The minimum Gasteiger partial charge on any atom is -0.483 e. The molecule has 1 aromatic heterocycles. The molecular weight excluding hydrogens is 266 g/mol. The van der Waals surface area contributed by atoms with Crippen molar-refractivity contribution in [2.75, 3.05) is 11.9 Å². The minimum atomic E-state index is -0.252. The molecule has 0 saturated heterocycles. The van der Waals surface area contributed by atoms with Crippen LogP contribution in [-0.2, 0) is 11.3 Å². The zero-order valence-corrected chi connectivity index (χ0v) is 12.2. The van der Waals surface area contributed by atoms with Crippen molar-refractivity contribution < 1.29 is 9.53 Å². The Balaban J connectivity index is 1.94. The highest BCUT2D eigenvalue weighted by Gasteiger charge is 2.07. The third kappa shape index (κ3) is 4.03. The van der Waals surface area contributed by atoms with Crippen molar-refractivity contribution in [2.24, 2.45) is 5.73 Å². The number of rotatable bonds is 5. The summed E-state index contributed by atoms with van der Waals surface area (Å²) in [5.41, 5.74) is 8.63. The third-order valence-electron chi connectivity index (χ3n) is 3.24. The van der Waals surface area contributed by atoms with E-state index < -0.39 is 0 Å². The number of ether oxygens (including phenoxy) is 1. The number of carbonyl (C=O) groups excluding carboxylic acids is 1. The summed E-state index contributed by atoms with van der Waals surface area (Å²) < 4.78 is 5.54.